The summed E-state index contributed by atoms with van der Waals surface area (Å²) in [6.45, 7) is 3.82. The maximum absolute atomic E-state index is 11.1. The Morgan fingerprint density at radius 3 is 2.21 bits per heavy atom. The van der Waals surface area contributed by atoms with E-state index in [0.717, 1.165) is 0 Å². The van der Waals surface area contributed by atoms with Crippen molar-refractivity contribution in [2.75, 3.05) is 6.61 Å². The highest BCUT2D eigenvalue weighted by Crippen LogP contribution is 2.30. The Morgan fingerprint density at radius 1 is 1.36 bits per heavy atom. The molecular weight excluding hydrogens is 223 g/mol. The van der Waals surface area contributed by atoms with Crippen LogP contribution < -0.4 is 4.74 Å². The molecule has 4 heteroatoms. The molecule has 0 amide bonds. The van der Waals surface area contributed by atoms with E-state index in [1.807, 2.05) is 6.92 Å². The van der Waals surface area contributed by atoms with E-state index >= 15 is 0 Å². The van der Waals surface area contributed by atoms with E-state index in [9.17, 15) is 4.79 Å². The third kappa shape index (κ3) is 2.40. The zero-order valence-corrected chi connectivity index (χ0v) is 9.45. The lowest BCUT2D eigenvalue weighted by Gasteiger charge is -2.07. The van der Waals surface area contributed by atoms with Crippen molar-refractivity contribution < 1.29 is 9.53 Å². The molecule has 2 nitrogen and oxygen atoms in total. The summed E-state index contributed by atoms with van der Waals surface area (Å²) in [4.78, 5) is 11.1. The first kappa shape index (κ1) is 11.3. The van der Waals surface area contributed by atoms with Gasteiger partial charge in [-0.05, 0) is 26.0 Å². The monoisotopic (exact) mass is 232 g/mol. The quantitative estimate of drug-likeness (QED) is 0.745. The lowest BCUT2D eigenvalue weighted by Crippen LogP contribution is -1.97. The summed E-state index contributed by atoms with van der Waals surface area (Å²) < 4.78 is 5.22. The SMILES string of the molecule is CCOc1cc(Cl)c(C(C)=O)c(Cl)c1. The van der Waals surface area contributed by atoms with Crippen molar-refractivity contribution in [1.82, 2.24) is 0 Å². The minimum atomic E-state index is -0.150. The topological polar surface area (TPSA) is 26.3 Å². The van der Waals surface area contributed by atoms with Crippen LogP contribution in [-0.2, 0) is 0 Å². The molecule has 0 N–H and O–H groups in total. The molecule has 1 rings (SSSR count). The number of hydrogen-bond donors (Lipinski definition) is 0. The van der Waals surface area contributed by atoms with Crippen LogP contribution in [0.1, 0.15) is 24.2 Å². The minimum absolute atomic E-state index is 0.150. The van der Waals surface area contributed by atoms with Crippen molar-refractivity contribution in [3.05, 3.63) is 27.7 Å². The molecule has 1 aromatic rings. The summed E-state index contributed by atoms with van der Waals surface area (Å²) in [5.41, 5.74) is 0.344. The Morgan fingerprint density at radius 2 is 1.86 bits per heavy atom. The molecule has 1 aromatic carbocycles. The number of carbonyl (C=O) groups excluding carboxylic acids is 1. The average molecular weight is 233 g/mol. The molecule has 0 atom stereocenters. The van der Waals surface area contributed by atoms with Gasteiger partial charge in [-0.3, -0.25) is 4.79 Å². The van der Waals surface area contributed by atoms with Gasteiger partial charge in [0.25, 0.3) is 0 Å². The normalized spacial score (nSPS) is 10.0. The maximum atomic E-state index is 11.1. The van der Waals surface area contributed by atoms with Crippen LogP contribution in [0.4, 0.5) is 0 Å². The second-order valence-corrected chi connectivity index (χ2v) is 3.57. The second kappa shape index (κ2) is 4.67. The van der Waals surface area contributed by atoms with Crippen molar-refractivity contribution in [2.24, 2.45) is 0 Å². The molecule has 0 bridgehead atoms. The highest BCUT2D eigenvalue weighted by molar-refractivity contribution is 6.39. The van der Waals surface area contributed by atoms with Crippen LogP contribution in [0.25, 0.3) is 0 Å². The Kier molecular flexibility index (Phi) is 3.78. The molecule has 0 aliphatic heterocycles. The van der Waals surface area contributed by atoms with Crippen LogP contribution in [0.15, 0.2) is 12.1 Å². The number of benzene rings is 1. The number of Topliss-reactive ketones (excluding diaryl/α,β-unsaturated/α-hetero) is 1. The van der Waals surface area contributed by atoms with Gasteiger partial charge in [0, 0.05) is 0 Å². The Balaban J connectivity index is 3.18. The van der Waals surface area contributed by atoms with Gasteiger partial charge in [0.1, 0.15) is 5.75 Å². The van der Waals surface area contributed by atoms with Crippen LogP contribution in [0, 0.1) is 0 Å². The van der Waals surface area contributed by atoms with Crippen molar-refractivity contribution in [3.8, 4) is 5.75 Å². The van der Waals surface area contributed by atoms with Crippen molar-refractivity contribution in [3.63, 3.8) is 0 Å². The van der Waals surface area contributed by atoms with Gasteiger partial charge in [-0.2, -0.15) is 0 Å². The Bertz CT molecular complexity index is 338. The van der Waals surface area contributed by atoms with Crippen molar-refractivity contribution in [2.45, 2.75) is 13.8 Å². The summed E-state index contributed by atoms with van der Waals surface area (Å²) in [5.74, 6) is 0.426. The smallest absolute Gasteiger partial charge is 0.162 e. The van der Waals surface area contributed by atoms with Gasteiger partial charge < -0.3 is 4.74 Å². The van der Waals surface area contributed by atoms with Crippen LogP contribution in [0.2, 0.25) is 10.0 Å². The molecule has 0 spiro atoms. The van der Waals surface area contributed by atoms with Gasteiger partial charge in [0.15, 0.2) is 5.78 Å². The fraction of sp³-hybridized carbons (Fsp3) is 0.300. The van der Waals surface area contributed by atoms with Gasteiger partial charge >= 0.3 is 0 Å². The summed E-state index contributed by atoms with van der Waals surface area (Å²) in [5, 5.41) is 0.655. The first-order valence-electron chi connectivity index (χ1n) is 4.19. The highest BCUT2D eigenvalue weighted by Gasteiger charge is 2.12. The zero-order chi connectivity index (χ0) is 10.7. The average Bonchev–Trinajstić information content (AvgIpc) is 2.01. The molecule has 0 saturated heterocycles. The fourth-order valence-electron chi connectivity index (χ4n) is 1.14. The van der Waals surface area contributed by atoms with E-state index in [1.54, 1.807) is 12.1 Å². The van der Waals surface area contributed by atoms with Gasteiger partial charge in [-0.25, -0.2) is 0 Å². The summed E-state index contributed by atoms with van der Waals surface area (Å²) >= 11 is 11.8. The molecule has 0 heterocycles. The highest BCUT2D eigenvalue weighted by atomic mass is 35.5. The number of rotatable bonds is 3. The van der Waals surface area contributed by atoms with Crippen molar-refractivity contribution in [1.29, 1.82) is 0 Å². The van der Waals surface area contributed by atoms with Gasteiger partial charge in [-0.15, -0.1) is 0 Å². The van der Waals surface area contributed by atoms with Crippen LogP contribution in [0.5, 0.6) is 5.75 Å². The van der Waals surface area contributed by atoms with Gasteiger partial charge in [0.05, 0.1) is 22.2 Å². The molecule has 0 fully saturated rings. The number of ether oxygens (including phenoxy) is 1. The van der Waals surface area contributed by atoms with Crippen LogP contribution >= 0.6 is 23.2 Å². The second-order valence-electron chi connectivity index (χ2n) is 2.75. The Hall–Kier alpha value is -0.730. The molecule has 0 aliphatic carbocycles. The molecule has 76 valence electrons. The molecule has 0 aromatic heterocycles. The molecule has 0 radical (unpaired) electrons. The minimum Gasteiger partial charge on any atom is -0.494 e. The van der Waals surface area contributed by atoms with E-state index in [-0.39, 0.29) is 5.78 Å². The van der Waals surface area contributed by atoms with E-state index in [4.69, 9.17) is 27.9 Å². The Labute approximate surface area is 92.8 Å². The summed E-state index contributed by atoms with van der Waals surface area (Å²) in [6.07, 6.45) is 0. The molecule has 0 aliphatic rings. The first-order chi connectivity index (χ1) is 6.56. The van der Waals surface area contributed by atoms with Gasteiger partial charge in [-0.1, -0.05) is 23.2 Å². The van der Waals surface area contributed by atoms with E-state index in [1.165, 1.54) is 6.92 Å². The molecule has 0 unspecified atom stereocenters. The lowest BCUT2D eigenvalue weighted by atomic mass is 10.1. The standard InChI is InChI=1S/C10H10Cl2O2/c1-3-14-7-4-8(11)10(6(2)13)9(12)5-7/h4-5H,3H2,1-2H3. The van der Waals surface area contributed by atoms with Crippen LogP contribution in [0.3, 0.4) is 0 Å². The van der Waals surface area contributed by atoms with E-state index in [0.29, 0.717) is 28.0 Å². The summed E-state index contributed by atoms with van der Waals surface area (Å²) in [7, 11) is 0. The van der Waals surface area contributed by atoms with Crippen molar-refractivity contribution >= 4 is 29.0 Å². The third-order valence-corrected chi connectivity index (χ3v) is 2.27. The lowest BCUT2D eigenvalue weighted by molar-refractivity contribution is 0.101. The number of hydrogen-bond acceptors (Lipinski definition) is 2. The van der Waals surface area contributed by atoms with Gasteiger partial charge in [0.2, 0.25) is 0 Å². The third-order valence-electron chi connectivity index (χ3n) is 1.68. The predicted molar refractivity (Wildman–Crippen MR) is 57.6 cm³/mol. The maximum Gasteiger partial charge on any atom is 0.162 e. The molecule has 14 heavy (non-hydrogen) atoms. The summed E-state index contributed by atoms with van der Waals surface area (Å²) in [6, 6.07) is 3.18. The fourth-order valence-corrected chi connectivity index (χ4v) is 1.87. The first-order valence-corrected chi connectivity index (χ1v) is 4.94. The molecule has 0 saturated carbocycles. The van der Waals surface area contributed by atoms with E-state index < -0.39 is 0 Å². The van der Waals surface area contributed by atoms with E-state index in [2.05, 4.69) is 0 Å². The number of carbonyl (C=O) groups is 1. The molecular formula is C10H10Cl2O2. The predicted octanol–water partition coefficient (Wildman–Crippen LogP) is 3.59. The largest absolute Gasteiger partial charge is 0.494 e. The van der Waals surface area contributed by atoms with Crippen LogP contribution in [-0.4, -0.2) is 12.4 Å². The zero-order valence-electron chi connectivity index (χ0n) is 7.93. The number of ketones is 1. The number of halogens is 2.